The molecule has 0 aliphatic rings. The van der Waals surface area contributed by atoms with E-state index in [1.807, 2.05) is 37.8 Å². The lowest BCUT2D eigenvalue weighted by Gasteiger charge is -2.02. The van der Waals surface area contributed by atoms with Gasteiger partial charge in [-0.15, -0.1) is 0 Å². The van der Waals surface area contributed by atoms with Crippen LogP contribution in [-0.4, -0.2) is 30.5 Å². The van der Waals surface area contributed by atoms with Gasteiger partial charge >= 0.3 is 0 Å². The molecule has 1 N–H and O–H groups in total. The van der Waals surface area contributed by atoms with Gasteiger partial charge in [-0.1, -0.05) is 33.6 Å². The van der Waals surface area contributed by atoms with Crippen LogP contribution in [0, 0.1) is 0 Å². The van der Waals surface area contributed by atoms with Gasteiger partial charge in [-0.2, -0.15) is 10.2 Å². The van der Waals surface area contributed by atoms with Gasteiger partial charge in [-0.3, -0.25) is 14.2 Å². The van der Waals surface area contributed by atoms with Crippen LogP contribution in [0.25, 0.3) is 0 Å². The molecule has 0 spiro atoms. The highest BCUT2D eigenvalue weighted by Crippen LogP contribution is 2.10. The zero-order chi connectivity index (χ0) is 16.8. The number of amides is 1. The lowest BCUT2D eigenvalue weighted by Crippen LogP contribution is -2.17. The van der Waals surface area contributed by atoms with Crippen LogP contribution in [0.5, 0.6) is 0 Å². The Labute approximate surface area is 137 Å². The molecular formula is C16H26N6O. The van der Waals surface area contributed by atoms with E-state index in [1.165, 1.54) is 12.8 Å². The zero-order valence-corrected chi connectivity index (χ0v) is 14.4. The molecule has 23 heavy (non-hydrogen) atoms. The number of hydrogen-bond donors (Lipinski definition) is 1. The Morgan fingerprint density at radius 3 is 2.74 bits per heavy atom. The summed E-state index contributed by atoms with van der Waals surface area (Å²) in [5.74, 6) is 2.12. The maximum atomic E-state index is 12.1. The summed E-state index contributed by atoms with van der Waals surface area (Å²) in [6.07, 6.45) is 5.55. The van der Waals surface area contributed by atoms with Crippen molar-refractivity contribution in [1.29, 1.82) is 0 Å². The molecule has 0 unspecified atom stereocenters. The fourth-order valence-electron chi connectivity index (χ4n) is 2.24. The molecule has 0 aromatic carbocycles. The normalized spacial score (nSPS) is 11.2. The monoisotopic (exact) mass is 318 g/mol. The topological polar surface area (TPSA) is 77.6 Å². The molecule has 7 nitrogen and oxygen atoms in total. The molecule has 0 saturated heterocycles. The summed E-state index contributed by atoms with van der Waals surface area (Å²) >= 11 is 0. The first-order chi connectivity index (χ1) is 11.0. The Balaban J connectivity index is 1.89. The number of carbonyl (C=O) groups is 1. The van der Waals surface area contributed by atoms with E-state index in [2.05, 4.69) is 27.4 Å². The third kappa shape index (κ3) is 4.91. The first-order valence-corrected chi connectivity index (χ1v) is 8.22. The van der Waals surface area contributed by atoms with Crippen molar-refractivity contribution in [2.45, 2.75) is 58.9 Å². The van der Waals surface area contributed by atoms with Crippen molar-refractivity contribution in [3.8, 4) is 0 Å². The molecule has 0 aliphatic carbocycles. The third-order valence-electron chi connectivity index (χ3n) is 3.60. The van der Waals surface area contributed by atoms with Crippen molar-refractivity contribution in [1.82, 2.24) is 24.5 Å². The summed E-state index contributed by atoms with van der Waals surface area (Å²) < 4.78 is 3.53. The van der Waals surface area contributed by atoms with Crippen molar-refractivity contribution in [3.05, 3.63) is 23.9 Å². The number of hydrogen-bond acceptors (Lipinski definition) is 4. The molecule has 0 atom stereocenters. The maximum Gasteiger partial charge on any atom is 0.233 e. The fourth-order valence-corrected chi connectivity index (χ4v) is 2.24. The summed E-state index contributed by atoms with van der Waals surface area (Å²) in [5.41, 5.74) is 0. The average molecular weight is 318 g/mol. The second-order valence-electron chi connectivity index (χ2n) is 6.06. The molecule has 1 amide bonds. The van der Waals surface area contributed by atoms with Gasteiger partial charge in [0.25, 0.3) is 0 Å². The molecule has 2 aromatic rings. The Morgan fingerprint density at radius 2 is 2.09 bits per heavy atom. The zero-order valence-electron chi connectivity index (χ0n) is 14.4. The van der Waals surface area contributed by atoms with E-state index < -0.39 is 0 Å². The van der Waals surface area contributed by atoms with Crippen molar-refractivity contribution in [2.24, 2.45) is 7.05 Å². The fraction of sp³-hybridized carbons (Fsp3) is 0.625. The number of unbranched alkanes of at least 4 members (excludes halogenated alkanes) is 2. The molecule has 0 radical (unpaired) electrons. The molecule has 0 aliphatic heterocycles. The number of aromatic nitrogens is 5. The van der Waals surface area contributed by atoms with Gasteiger partial charge < -0.3 is 5.32 Å². The number of aryl methyl sites for hydroxylation is 2. The molecule has 0 saturated carbocycles. The molecule has 2 rings (SSSR count). The van der Waals surface area contributed by atoms with Gasteiger partial charge in [-0.25, -0.2) is 4.98 Å². The van der Waals surface area contributed by atoms with Crippen molar-refractivity contribution >= 4 is 11.7 Å². The first kappa shape index (κ1) is 17.2. The van der Waals surface area contributed by atoms with Gasteiger partial charge in [0.15, 0.2) is 11.6 Å². The van der Waals surface area contributed by atoms with E-state index in [0.29, 0.717) is 11.6 Å². The van der Waals surface area contributed by atoms with Crippen LogP contribution in [0.2, 0.25) is 0 Å². The summed E-state index contributed by atoms with van der Waals surface area (Å²) in [6.45, 7) is 7.12. The maximum absolute atomic E-state index is 12.1. The van der Waals surface area contributed by atoms with E-state index in [9.17, 15) is 4.79 Å². The predicted molar refractivity (Wildman–Crippen MR) is 89.2 cm³/mol. The molecular weight excluding hydrogens is 292 g/mol. The van der Waals surface area contributed by atoms with E-state index >= 15 is 0 Å². The number of rotatable bonds is 8. The van der Waals surface area contributed by atoms with Crippen molar-refractivity contribution in [3.63, 3.8) is 0 Å². The smallest absolute Gasteiger partial charge is 0.233 e. The highest BCUT2D eigenvalue weighted by atomic mass is 16.1. The molecule has 2 aromatic heterocycles. The van der Waals surface area contributed by atoms with Gasteiger partial charge in [0.1, 0.15) is 5.82 Å². The van der Waals surface area contributed by atoms with Crippen LogP contribution in [0.1, 0.15) is 57.6 Å². The van der Waals surface area contributed by atoms with Crippen LogP contribution in [0.3, 0.4) is 0 Å². The third-order valence-corrected chi connectivity index (χ3v) is 3.60. The van der Waals surface area contributed by atoms with Gasteiger partial charge in [0.05, 0.1) is 6.42 Å². The largest absolute Gasteiger partial charge is 0.309 e. The summed E-state index contributed by atoms with van der Waals surface area (Å²) in [7, 11) is 1.81. The molecule has 0 fully saturated rings. The summed E-state index contributed by atoms with van der Waals surface area (Å²) in [6, 6.07) is 1.82. The average Bonchev–Trinajstić information content (AvgIpc) is 3.07. The number of carbonyl (C=O) groups excluding carboxylic acids is 1. The Bertz CT molecular complexity index is 643. The van der Waals surface area contributed by atoms with Crippen LogP contribution in [0.4, 0.5) is 5.82 Å². The predicted octanol–water partition coefficient (Wildman–Crippen LogP) is 2.51. The minimum atomic E-state index is -0.130. The number of nitrogens with one attached hydrogen (secondary N) is 1. The summed E-state index contributed by atoms with van der Waals surface area (Å²) in [4.78, 5) is 16.6. The van der Waals surface area contributed by atoms with Gasteiger partial charge in [0.2, 0.25) is 5.91 Å². The van der Waals surface area contributed by atoms with E-state index in [0.717, 1.165) is 18.8 Å². The molecule has 7 heteroatoms. The van der Waals surface area contributed by atoms with E-state index in [4.69, 9.17) is 0 Å². The number of anilines is 1. The molecule has 126 valence electrons. The van der Waals surface area contributed by atoms with Crippen molar-refractivity contribution < 1.29 is 4.79 Å². The number of nitrogens with zero attached hydrogens (tertiary/aromatic N) is 5. The Kier molecular flexibility index (Phi) is 5.90. The van der Waals surface area contributed by atoms with Crippen LogP contribution < -0.4 is 5.32 Å². The standard InChI is InChI=1S/C16H26N6O/c1-5-6-7-9-22-10-8-13(19-22)17-15(23)11-14-18-16(12(2)3)20-21(14)4/h8,10,12H,5-7,9,11H2,1-4H3,(H,17,19,23). The SMILES string of the molecule is CCCCCn1ccc(NC(=O)Cc2nc(C(C)C)nn2C)n1. The Morgan fingerprint density at radius 1 is 1.30 bits per heavy atom. The Hall–Kier alpha value is -2.18. The lowest BCUT2D eigenvalue weighted by molar-refractivity contribution is -0.115. The highest BCUT2D eigenvalue weighted by Gasteiger charge is 2.14. The second-order valence-corrected chi connectivity index (χ2v) is 6.06. The van der Waals surface area contributed by atoms with Gasteiger partial charge in [-0.05, 0) is 6.42 Å². The van der Waals surface area contributed by atoms with E-state index in [1.54, 1.807) is 4.68 Å². The minimum absolute atomic E-state index is 0.130. The van der Waals surface area contributed by atoms with Crippen LogP contribution in [0.15, 0.2) is 12.3 Å². The second kappa shape index (κ2) is 7.89. The highest BCUT2D eigenvalue weighted by molar-refractivity contribution is 5.90. The quantitative estimate of drug-likeness (QED) is 0.759. The minimum Gasteiger partial charge on any atom is -0.309 e. The first-order valence-electron chi connectivity index (χ1n) is 8.22. The van der Waals surface area contributed by atoms with Crippen LogP contribution >= 0.6 is 0 Å². The molecule has 2 heterocycles. The van der Waals surface area contributed by atoms with Gasteiger partial charge in [0, 0.05) is 31.8 Å². The van der Waals surface area contributed by atoms with Crippen LogP contribution in [-0.2, 0) is 24.8 Å². The van der Waals surface area contributed by atoms with E-state index in [-0.39, 0.29) is 18.2 Å². The summed E-state index contributed by atoms with van der Waals surface area (Å²) in [5, 5.41) is 11.5. The lowest BCUT2D eigenvalue weighted by atomic mass is 10.2. The van der Waals surface area contributed by atoms with Crippen molar-refractivity contribution in [2.75, 3.05) is 5.32 Å². The molecule has 0 bridgehead atoms.